The molecule has 7 heteroatoms. The molecule has 0 saturated heterocycles. The molecule has 0 saturated carbocycles. The molecule has 2 aromatic rings. The Balaban J connectivity index is 2.35. The number of hydrogen-bond acceptors (Lipinski definition) is 3. The first kappa shape index (κ1) is 11.8. The molecule has 0 fully saturated rings. The average Bonchev–Trinajstić information content (AvgIpc) is 2.74. The highest BCUT2D eigenvalue weighted by Gasteiger charge is 2.36. The first-order valence-corrected chi connectivity index (χ1v) is 5.49. The number of imidazole rings is 1. The van der Waals surface area contributed by atoms with E-state index in [-0.39, 0.29) is 0 Å². The van der Waals surface area contributed by atoms with Crippen LogP contribution in [0.15, 0.2) is 17.7 Å². The van der Waals surface area contributed by atoms with Crippen LogP contribution in [0, 0.1) is 6.92 Å². The van der Waals surface area contributed by atoms with Crippen LogP contribution in [0.5, 0.6) is 0 Å². The van der Waals surface area contributed by atoms with Crippen molar-refractivity contribution in [1.82, 2.24) is 9.38 Å². The minimum Gasteiger partial charge on any atom is -0.291 e. The number of halogens is 3. The average molecular weight is 260 g/mol. The van der Waals surface area contributed by atoms with E-state index in [1.807, 2.05) is 0 Å². The van der Waals surface area contributed by atoms with Crippen LogP contribution in [-0.4, -0.2) is 21.3 Å². The molecule has 2 rings (SSSR count). The van der Waals surface area contributed by atoms with Gasteiger partial charge in [-0.15, -0.1) is 11.3 Å². The summed E-state index contributed by atoms with van der Waals surface area (Å²) in [4.78, 5) is 15.5. The van der Waals surface area contributed by atoms with Crippen molar-refractivity contribution in [3.8, 4) is 0 Å². The maximum atomic E-state index is 12.0. The molecule has 2 heterocycles. The highest BCUT2D eigenvalue weighted by atomic mass is 32.1. The van der Waals surface area contributed by atoms with E-state index < -0.39 is 12.0 Å². The fourth-order valence-corrected chi connectivity index (χ4v) is 2.13. The van der Waals surface area contributed by atoms with E-state index in [1.165, 1.54) is 11.3 Å². The topological polar surface area (TPSA) is 34.4 Å². The normalized spacial score (nSPS) is 12.7. The van der Waals surface area contributed by atoms with Crippen LogP contribution in [0.4, 0.5) is 13.2 Å². The lowest BCUT2D eigenvalue weighted by Crippen LogP contribution is -2.19. The molecule has 0 aliphatic rings. The highest BCUT2D eigenvalue weighted by Crippen LogP contribution is 2.20. The van der Waals surface area contributed by atoms with E-state index in [4.69, 9.17) is 0 Å². The Bertz CT molecular complexity index is 594. The van der Waals surface area contributed by atoms with E-state index in [2.05, 4.69) is 4.98 Å². The number of allylic oxidation sites excluding steroid dienone is 1. The van der Waals surface area contributed by atoms with Crippen LogP contribution in [0.3, 0.4) is 0 Å². The summed E-state index contributed by atoms with van der Waals surface area (Å²) in [5.41, 5.74) is 1.07. The first-order valence-electron chi connectivity index (χ1n) is 4.61. The Morgan fingerprint density at radius 1 is 1.53 bits per heavy atom. The summed E-state index contributed by atoms with van der Waals surface area (Å²) < 4.78 is 37.7. The minimum atomic E-state index is -4.83. The van der Waals surface area contributed by atoms with E-state index in [9.17, 15) is 18.0 Å². The number of aromatic nitrogens is 2. The van der Waals surface area contributed by atoms with E-state index in [1.54, 1.807) is 22.9 Å². The van der Waals surface area contributed by atoms with Gasteiger partial charge in [0, 0.05) is 11.6 Å². The predicted molar refractivity (Wildman–Crippen MR) is 57.9 cm³/mol. The molecule has 0 aliphatic heterocycles. The molecule has 2 aromatic heterocycles. The summed E-state index contributed by atoms with van der Waals surface area (Å²) in [7, 11) is 0. The Hall–Kier alpha value is -1.63. The van der Waals surface area contributed by atoms with E-state index >= 15 is 0 Å². The number of rotatable bonds is 2. The van der Waals surface area contributed by atoms with Crippen molar-refractivity contribution in [3.05, 3.63) is 29.0 Å². The van der Waals surface area contributed by atoms with Crippen LogP contribution in [0.2, 0.25) is 0 Å². The van der Waals surface area contributed by atoms with Gasteiger partial charge in [-0.05, 0) is 19.1 Å². The molecule has 0 atom stereocenters. The molecule has 0 aliphatic carbocycles. The summed E-state index contributed by atoms with van der Waals surface area (Å²) in [6, 6.07) is 0. The number of ketones is 1. The summed E-state index contributed by atoms with van der Waals surface area (Å²) in [6.07, 6.45) is -1.48. The zero-order chi connectivity index (χ0) is 12.6. The molecule has 0 unspecified atom stereocenters. The molecule has 0 amide bonds. The summed E-state index contributed by atoms with van der Waals surface area (Å²) >= 11 is 1.37. The number of carbonyl (C=O) groups is 1. The van der Waals surface area contributed by atoms with E-state index in [0.717, 1.165) is 6.08 Å². The molecular weight excluding hydrogens is 253 g/mol. The van der Waals surface area contributed by atoms with Crippen molar-refractivity contribution in [2.45, 2.75) is 13.1 Å². The predicted octanol–water partition coefficient (Wildman–Crippen LogP) is 2.85. The lowest BCUT2D eigenvalue weighted by Gasteiger charge is -1.99. The summed E-state index contributed by atoms with van der Waals surface area (Å²) in [5, 5.41) is 1.77. The van der Waals surface area contributed by atoms with Gasteiger partial charge in [-0.3, -0.25) is 9.20 Å². The molecule has 0 N–H and O–H groups in total. The highest BCUT2D eigenvalue weighted by molar-refractivity contribution is 7.15. The van der Waals surface area contributed by atoms with Crippen molar-refractivity contribution in [2.75, 3.05) is 0 Å². The third-order valence-electron chi connectivity index (χ3n) is 2.16. The monoisotopic (exact) mass is 260 g/mol. The summed E-state index contributed by atoms with van der Waals surface area (Å²) in [6.45, 7) is 1.68. The van der Waals surface area contributed by atoms with Crippen LogP contribution in [0.25, 0.3) is 11.0 Å². The zero-order valence-corrected chi connectivity index (χ0v) is 9.47. The van der Waals surface area contributed by atoms with Gasteiger partial charge in [0.1, 0.15) is 0 Å². The molecule has 0 radical (unpaired) electrons. The molecule has 3 nitrogen and oxygen atoms in total. The van der Waals surface area contributed by atoms with Gasteiger partial charge in [0.05, 0.1) is 11.4 Å². The molecular formula is C10H7F3N2OS. The van der Waals surface area contributed by atoms with Crippen LogP contribution in [0.1, 0.15) is 11.4 Å². The molecule has 17 heavy (non-hydrogen) atoms. The fourth-order valence-electron chi connectivity index (χ4n) is 1.36. The number of hydrogen-bond donors (Lipinski definition) is 0. The molecule has 0 aromatic carbocycles. The number of fused-ring (bicyclic) bond motifs is 1. The van der Waals surface area contributed by atoms with Crippen LogP contribution >= 0.6 is 11.3 Å². The van der Waals surface area contributed by atoms with Gasteiger partial charge in [-0.2, -0.15) is 13.2 Å². The standard InChI is InChI=1S/C10H7F3N2OS/c1-6-7(2-3-8(16)10(11,12)13)15-4-5-17-9(15)14-6/h2-5H,1H3/b3-2+. The summed E-state index contributed by atoms with van der Waals surface area (Å²) in [5.74, 6) is -1.87. The van der Waals surface area contributed by atoms with Gasteiger partial charge in [0.2, 0.25) is 0 Å². The Labute approximate surface area is 98.2 Å². The number of carbonyl (C=O) groups excluding carboxylic acids is 1. The van der Waals surface area contributed by atoms with Gasteiger partial charge in [-0.1, -0.05) is 0 Å². The maximum absolute atomic E-state index is 12.0. The third kappa shape index (κ3) is 2.23. The largest absolute Gasteiger partial charge is 0.454 e. The van der Waals surface area contributed by atoms with Crippen molar-refractivity contribution >= 4 is 28.2 Å². The number of aryl methyl sites for hydroxylation is 1. The van der Waals surface area contributed by atoms with Gasteiger partial charge in [0.25, 0.3) is 5.78 Å². The smallest absolute Gasteiger partial charge is 0.291 e. The quantitative estimate of drug-likeness (QED) is 0.778. The number of thiazole rings is 1. The van der Waals surface area contributed by atoms with Crippen molar-refractivity contribution < 1.29 is 18.0 Å². The van der Waals surface area contributed by atoms with Gasteiger partial charge >= 0.3 is 6.18 Å². The Morgan fingerprint density at radius 3 is 2.88 bits per heavy atom. The number of nitrogens with zero attached hydrogens (tertiary/aromatic N) is 2. The van der Waals surface area contributed by atoms with Gasteiger partial charge < -0.3 is 0 Å². The maximum Gasteiger partial charge on any atom is 0.454 e. The minimum absolute atomic E-state index is 0.485. The van der Waals surface area contributed by atoms with Gasteiger partial charge in [-0.25, -0.2) is 4.98 Å². The molecule has 0 bridgehead atoms. The van der Waals surface area contributed by atoms with Crippen LogP contribution in [-0.2, 0) is 4.79 Å². The second kappa shape index (κ2) is 3.99. The lowest BCUT2D eigenvalue weighted by molar-refractivity contribution is -0.165. The SMILES string of the molecule is Cc1nc2sccn2c1/C=C/C(=O)C(F)(F)F. The lowest BCUT2D eigenvalue weighted by atomic mass is 10.2. The van der Waals surface area contributed by atoms with E-state index in [0.29, 0.717) is 22.4 Å². The third-order valence-corrected chi connectivity index (χ3v) is 2.91. The van der Waals surface area contributed by atoms with Crippen molar-refractivity contribution in [3.63, 3.8) is 0 Å². The van der Waals surface area contributed by atoms with Gasteiger partial charge in [0.15, 0.2) is 4.96 Å². The van der Waals surface area contributed by atoms with Crippen LogP contribution < -0.4 is 0 Å². The molecule has 0 spiro atoms. The second-order valence-electron chi connectivity index (χ2n) is 3.33. The Kier molecular flexibility index (Phi) is 2.78. The first-order chi connectivity index (χ1) is 7.89. The second-order valence-corrected chi connectivity index (χ2v) is 4.21. The fraction of sp³-hybridized carbons (Fsp3) is 0.200. The Morgan fingerprint density at radius 2 is 2.24 bits per heavy atom. The van der Waals surface area contributed by atoms with Crippen molar-refractivity contribution in [1.29, 1.82) is 0 Å². The molecule has 90 valence electrons. The number of alkyl halides is 3. The van der Waals surface area contributed by atoms with Crippen molar-refractivity contribution in [2.24, 2.45) is 0 Å². The zero-order valence-electron chi connectivity index (χ0n) is 8.65.